The summed E-state index contributed by atoms with van der Waals surface area (Å²) in [5.41, 5.74) is 3.57. The molecule has 0 aliphatic rings. The van der Waals surface area contributed by atoms with Crippen molar-refractivity contribution in [2.24, 2.45) is 0 Å². The normalized spacial score (nSPS) is 11.6. The third kappa shape index (κ3) is 3.54. The van der Waals surface area contributed by atoms with E-state index in [0.29, 0.717) is 5.56 Å². The summed E-state index contributed by atoms with van der Waals surface area (Å²) in [5, 5.41) is 4.28. The number of unbranched alkanes of at least 4 members (excludes halogenated alkanes) is 1. The molecule has 0 aliphatic carbocycles. The Labute approximate surface area is 131 Å². The average Bonchev–Trinajstić information content (AvgIpc) is 2.95. The summed E-state index contributed by atoms with van der Waals surface area (Å²) in [6, 6.07) is 3.78. The fourth-order valence-corrected chi connectivity index (χ4v) is 2.60. The van der Waals surface area contributed by atoms with Crippen LogP contribution in [-0.2, 0) is 6.42 Å². The van der Waals surface area contributed by atoms with E-state index in [1.807, 2.05) is 33.0 Å². The summed E-state index contributed by atoms with van der Waals surface area (Å²) in [7, 11) is 0. The number of aryl methyl sites for hydroxylation is 2. The van der Waals surface area contributed by atoms with Crippen LogP contribution in [0.15, 0.2) is 24.5 Å². The highest BCUT2D eigenvalue weighted by Crippen LogP contribution is 2.34. The molecular formula is C18H24F2N2. The fraction of sp³-hybridized carbons (Fsp3) is 0.500. The van der Waals surface area contributed by atoms with Crippen molar-refractivity contribution in [1.29, 1.82) is 0 Å². The second-order valence-electron chi connectivity index (χ2n) is 6.07. The highest BCUT2D eigenvalue weighted by molar-refractivity contribution is 5.68. The highest BCUT2D eigenvalue weighted by atomic mass is 19.3. The van der Waals surface area contributed by atoms with Gasteiger partial charge in [-0.2, -0.15) is 5.10 Å². The SMILES string of the molecule is CCCCc1cc(-c2cnn(C(C)C)c2)c(C(F)F)cc1C. The minimum atomic E-state index is -2.48. The van der Waals surface area contributed by atoms with Gasteiger partial charge in [0, 0.05) is 23.4 Å². The zero-order valence-electron chi connectivity index (χ0n) is 13.7. The van der Waals surface area contributed by atoms with Crippen LogP contribution in [0.4, 0.5) is 8.78 Å². The van der Waals surface area contributed by atoms with Crippen molar-refractivity contribution in [2.75, 3.05) is 0 Å². The van der Waals surface area contributed by atoms with Gasteiger partial charge in [-0.1, -0.05) is 19.4 Å². The number of benzene rings is 1. The molecule has 2 aromatic rings. The molecule has 0 amide bonds. The molecule has 120 valence electrons. The van der Waals surface area contributed by atoms with E-state index in [9.17, 15) is 8.78 Å². The van der Waals surface area contributed by atoms with Crippen LogP contribution in [0.3, 0.4) is 0 Å². The molecule has 0 saturated carbocycles. The van der Waals surface area contributed by atoms with E-state index in [2.05, 4.69) is 12.0 Å². The first-order valence-corrected chi connectivity index (χ1v) is 7.90. The second-order valence-corrected chi connectivity index (χ2v) is 6.07. The standard InChI is InChI=1S/C18H24F2N2/c1-5-6-7-14-9-16(17(18(19)20)8-13(14)4)15-10-21-22(11-15)12(2)3/h8-12,18H,5-7H2,1-4H3. The molecule has 0 bridgehead atoms. The Hall–Kier alpha value is -1.71. The number of rotatable bonds is 6. The molecule has 0 unspecified atom stereocenters. The number of halogens is 2. The molecule has 1 aromatic heterocycles. The molecular weight excluding hydrogens is 282 g/mol. The predicted molar refractivity (Wildman–Crippen MR) is 86.4 cm³/mol. The maximum Gasteiger partial charge on any atom is 0.264 e. The molecule has 0 saturated heterocycles. The number of aromatic nitrogens is 2. The minimum Gasteiger partial charge on any atom is -0.270 e. The molecule has 1 heterocycles. The van der Waals surface area contributed by atoms with Crippen molar-refractivity contribution in [3.63, 3.8) is 0 Å². The van der Waals surface area contributed by atoms with E-state index in [-0.39, 0.29) is 11.6 Å². The molecule has 4 heteroatoms. The van der Waals surface area contributed by atoms with Gasteiger partial charge in [0.2, 0.25) is 0 Å². The third-order valence-electron chi connectivity index (χ3n) is 3.98. The summed E-state index contributed by atoms with van der Waals surface area (Å²) < 4.78 is 28.6. The Bertz CT molecular complexity index is 630. The van der Waals surface area contributed by atoms with Crippen molar-refractivity contribution in [3.8, 4) is 11.1 Å². The first-order valence-electron chi connectivity index (χ1n) is 7.90. The van der Waals surface area contributed by atoms with E-state index >= 15 is 0 Å². The Morgan fingerprint density at radius 1 is 1.23 bits per heavy atom. The van der Waals surface area contributed by atoms with Crippen molar-refractivity contribution < 1.29 is 8.78 Å². The Morgan fingerprint density at radius 2 is 1.95 bits per heavy atom. The minimum absolute atomic E-state index is 0.0982. The Balaban J connectivity index is 2.50. The average molecular weight is 306 g/mol. The molecule has 0 radical (unpaired) electrons. The van der Waals surface area contributed by atoms with E-state index in [0.717, 1.165) is 36.0 Å². The first-order chi connectivity index (χ1) is 10.4. The molecule has 0 fully saturated rings. The number of nitrogens with zero attached hydrogens (tertiary/aromatic N) is 2. The van der Waals surface area contributed by atoms with Crippen molar-refractivity contribution in [1.82, 2.24) is 9.78 Å². The summed E-state index contributed by atoms with van der Waals surface area (Å²) in [5.74, 6) is 0. The van der Waals surface area contributed by atoms with Crippen LogP contribution in [0, 0.1) is 6.92 Å². The predicted octanol–water partition coefficient (Wildman–Crippen LogP) is 5.72. The first kappa shape index (κ1) is 16.7. The number of hydrogen-bond acceptors (Lipinski definition) is 1. The monoisotopic (exact) mass is 306 g/mol. The third-order valence-corrected chi connectivity index (χ3v) is 3.98. The zero-order valence-corrected chi connectivity index (χ0v) is 13.7. The van der Waals surface area contributed by atoms with Crippen molar-refractivity contribution in [3.05, 3.63) is 41.2 Å². The van der Waals surface area contributed by atoms with Gasteiger partial charge in [0.1, 0.15) is 0 Å². The van der Waals surface area contributed by atoms with E-state index in [4.69, 9.17) is 0 Å². The van der Waals surface area contributed by atoms with E-state index in [1.54, 1.807) is 16.9 Å². The van der Waals surface area contributed by atoms with Gasteiger partial charge in [0.15, 0.2) is 0 Å². The molecule has 22 heavy (non-hydrogen) atoms. The van der Waals surface area contributed by atoms with E-state index < -0.39 is 6.43 Å². The molecule has 2 rings (SSSR count). The molecule has 1 aromatic carbocycles. The van der Waals surface area contributed by atoms with Gasteiger partial charge in [-0.15, -0.1) is 0 Å². The van der Waals surface area contributed by atoms with Gasteiger partial charge < -0.3 is 0 Å². The maximum atomic E-state index is 13.4. The van der Waals surface area contributed by atoms with Gasteiger partial charge >= 0.3 is 0 Å². The van der Waals surface area contributed by atoms with Crippen LogP contribution in [0.5, 0.6) is 0 Å². The highest BCUT2D eigenvalue weighted by Gasteiger charge is 2.18. The van der Waals surface area contributed by atoms with Crippen molar-refractivity contribution in [2.45, 2.75) is 59.4 Å². The molecule has 0 N–H and O–H groups in total. The maximum absolute atomic E-state index is 13.4. The van der Waals surface area contributed by atoms with Crippen molar-refractivity contribution >= 4 is 0 Å². The Morgan fingerprint density at radius 3 is 2.50 bits per heavy atom. The van der Waals surface area contributed by atoms with Crippen LogP contribution in [0.2, 0.25) is 0 Å². The lowest BCUT2D eigenvalue weighted by Crippen LogP contribution is -2.00. The van der Waals surface area contributed by atoms with Gasteiger partial charge in [0.05, 0.1) is 6.20 Å². The van der Waals surface area contributed by atoms with E-state index in [1.165, 1.54) is 0 Å². The smallest absolute Gasteiger partial charge is 0.264 e. The van der Waals surface area contributed by atoms with Crippen LogP contribution in [0.1, 0.15) is 62.8 Å². The lowest BCUT2D eigenvalue weighted by atomic mass is 9.93. The summed E-state index contributed by atoms with van der Waals surface area (Å²) in [4.78, 5) is 0. The summed E-state index contributed by atoms with van der Waals surface area (Å²) in [6.45, 7) is 8.09. The van der Waals surface area contributed by atoms with Gasteiger partial charge in [-0.25, -0.2) is 8.78 Å². The molecule has 0 spiro atoms. The van der Waals surface area contributed by atoms with Gasteiger partial charge in [-0.3, -0.25) is 4.68 Å². The Kier molecular flexibility index (Phi) is 5.33. The summed E-state index contributed by atoms with van der Waals surface area (Å²) in [6.07, 6.45) is 4.15. The van der Waals surface area contributed by atoms with Crippen LogP contribution < -0.4 is 0 Å². The molecule has 0 atom stereocenters. The number of hydrogen-bond donors (Lipinski definition) is 0. The largest absolute Gasteiger partial charge is 0.270 e. The quantitative estimate of drug-likeness (QED) is 0.667. The lowest BCUT2D eigenvalue weighted by Gasteiger charge is -2.13. The second kappa shape index (κ2) is 7.03. The van der Waals surface area contributed by atoms with Crippen LogP contribution in [-0.4, -0.2) is 9.78 Å². The lowest BCUT2D eigenvalue weighted by molar-refractivity contribution is 0.152. The summed E-state index contributed by atoms with van der Waals surface area (Å²) >= 11 is 0. The van der Waals surface area contributed by atoms with Gasteiger partial charge in [0.25, 0.3) is 6.43 Å². The van der Waals surface area contributed by atoms with Gasteiger partial charge in [-0.05, 0) is 56.4 Å². The van der Waals surface area contributed by atoms with Crippen LogP contribution in [0.25, 0.3) is 11.1 Å². The fourth-order valence-electron chi connectivity index (χ4n) is 2.60. The molecule has 0 aliphatic heterocycles. The topological polar surface area (TPSA) is 17.8 Å². The van der Waals surface area contributed by atoms with Crippen LogP contribution >= 0.6 is 0 Å². The number of alkyl halides is 2. The molecule has 2 nitrogen and oxygen atoms in total. The zero-order chi connectivity index (χ0) is 16.3.